The van der Waals surface area contributed by atoms with Crippen molar-refractivity contribution in [3.8, 4) is 5.75 Å². The Morgan fingerprint density at radius 2 is 2.25 bits per heavy atom. The summed E-state index contributed by atoms with van der Waals surface area (Å²) in [6.45, 7) is 5.12. The molecular formula is C17H24F2N2O3. The third-order valence-electron chi connectivity index (χ3n) is 3.66. The van der Waals surface area contributed by atoms with Gasteiger partial charge in [-0.15, -0.1) is 0 Å². The second-order valence-electron chi connectivity index (χ2n) is 6.26. The fraction of sp³-hybridized carbons (Fsp3) is 0.588. The van der Waals surface area contributed by atoms with Crippen LogP contribution in [-0.2, 0) is 4.74 Å². The summed E-state index contributed by atoms with van der Waals surface area (Å²) in [5.74, 6) is 0.213. The number of carbonyl (C=O) groups excluding carboxylic acids is 1. The van der Waals surface area contributed by atoms with Crippen molar-refractivity contribution in [2.45, 2.75) is 26.6 Å². The van der Waals surface area contributed by atoms with Crippen molar-refractivity contribution in [2.75, 3.05) is 32.8 Å². The topological polar surface area (TPSA) is 50.8 Å². The Labute approximate surface area is 140 Å². The van der Waals surface area contributed by atoms with Crippen LogP contribution in [-0.4, -0.2) is 56.3 Å². The van der Waals surface area contributed by atoms with Crippen LogP contribution in [0.1, 0.15) is 24.2 Å². The Morgan fingerprint density at radius 3 is 2.96 bits per heavy atom. The zero-order chi connectivity index (χ0) is 17.5. The van der Waals surface area contributed by atoms with Crippen LogP contribution in [0.15, 0.2) is 24.3 Å². The number of alkyl halides is 2. The summed E-state index contributed by atoms with van der Waals surface area (Å²) in [5.41, 5.74) is 0.281. The zero-order valence-corrected chi connectivity index (χ0v) is 14.0. The van der Waals surface area contributed by atoms with Crippen molar-refractivity contribution in [3.63, 3.8) is 0 Å². The monoisotopic (exact) mass is 342 g/mol. The standard InChI is InChI=1S/C17H24F2N2O3/c1-12(2)10-21-6-7-23-15(11-21)9-20-16(22)13-4-3-5-14(8-13)24-17(18)19/h3-5,8,12,15,17H,6-7,9-11H2,1-2H3,(H,20,22). The Bertz CT molecular complexity index is 540. The molecule has 24 heavy (non-hydrogen) atoms. The molecule has 1 heterocycles. The summed E-state index contributed by atoms with van der Waals surface area (Å²) in [4.78, 5) is 14.5. The molecule has 1 aromatic rings. The van der Waals surface area contributed by atoms with E-state index in [1.165, 1.54) is 18.2 Å². The number of nitrogens with zero attached hydrogens (tertiary/aromatic N) is 1. The van der Waals surface area contributed by atoms with Crippen LogP contribution >= 0.6 is 0 Å². The van der Waals surface area contributed by atoms with Crippen LogP contribution in [0.5, 0.6) is 5.75 Å². The van der Waals surface area contributed by atoms with Crippen LogP contribution in [0, 0.1) is 5.92 Å². The smallest absolute Gasteiger partial charge is 0.387 e. The van der Waals surface area contributed by atoms with E-state index in [1.807, 2.05) is 0 Å². The van der Waals surface area contributed by atoms with Gasteiger partial charge in [0.05, 0.1) is 12.7 Å². The van der Waals surface area contributed by atoms with E-state index in [1.54, 1.807) is 6.07 Å². The summed E-state index contributed by atoms with van der Waals surface area (Å²) in [6.07, 6.45) is -0.0676. The third kappa shape index (κ3) is 6.05. The van der Waals surface area contributed by atoms with E-state index < -0.39 is 6.61 Å². The number of ether oxygens (including phenoxy) is 2. The highest BCUT2D eigenvalue weighted by Gasteiger charge is 2.21. The number of hydrogen-bond donors (Lipinski definition) is 1. The number of nitrogens with one attached hydrogen (secondary N) is 1. The van der Waals surface area contributed by atoms with Gasteiger partial charge in [0.1, 0.15) is 5.75 Å². The first kappa shape index (κ1) is 18.6. The summed E-state index contributed by atoms with van der Waals surface area (Å²) < 4.78 is 34.4. The molecule has 1 saturated heterocycles. The zero-order valence-electron chi connectivity index (χ0n) is 14.0. The van der Waals surface area contributed by atoms with Gasteiger partial charge >= 0.3 is 6.61 Å². The lowest BCUT2D eigenvalue weighted by molar-refractivity contribution is -0.0498. The van der Waals surface area contributed by atoms with E-state index in [4.69, 9.17) is 4.74 Å². The number of benzene rings is 1. The summed E-state index contributed by atoms with van der Waals surface area (Å²) >= 11 is 0. The van der Waals surface area contributed by atoms with Crippen molar-refractivity contribution < 1.29 is 23.0 Å². The molecule has 1 atom stereocenters. The lowest BCUT2D eigenvalue weighted by Gasteiger charge is -2.33. The summed E-state index contributed by atoms with van der Waals surface area (Å²) in [5, 5.41) is 2.79. The van der Waals surface area contributed by atoms with Gasteiger partial charge in [-0.25, -0.2) is 0 Å². The molecule has 0 spiro atoms. The first-order valence-electron chi connectivity index (χ1n) is 8.11. The molecule has 0 saturated carbocycles. The molecule has 1 aliphatic rings. The average Bonchev–Trinajstić information content (AvgIpc) is 2.52. The van der Waals surface area contributed by atoms with Gasteiger partial charge in [-0.3, -0.25) is 9.69 Å². The van der Waals surface area contributed by atoms with E-state index >= 15 is 0 Å². The molecule has 5 nitrogen and oxygen atoms in total. The highest BCUT2D eigenvalue weighted by Crippen LogP contribution is 2.16. The molecule has 0 bridgehead atoms. The lowest BCUT2D eigenvalue weighted by atomic mass is 10.1. The molecule has 0 aromatic heterocycles. The second-order valence-corrected chi connectivity index (χ2v) is 6.26. The summed E-state index contributed by atoms with van der Waals surface area (Å²) in [6, 6.07) is 5.75. The second kappa shape index (κ2) is 8.94. The van der Waals surface area contributed by atoms with Crippen LogP contribution < -0.4 is 10.1 Å². The highest BCUT2D eigenvalue weighted by molar-refractivity contribution is 5.94. The van der Waals surface area contributed by atoms with E-state index in [0.29, 0.717) is 19.1 Å². The molecule has 1 amide bonds. The van der Waals surface area contributed by atoms with Crippen molar-refractivity contribution in [1.29, 1.82) is 0 Å². The maximum Gasteiger partial charge on any atom is 0.387 e. The number of halogens is 2. The molecule has 0 radical (unpaired) electrons. The number of carbonyl (C=O) groups is 1. The number of rotatable bonds is 7. The normalized spacial score (nSPS) is 18.8. The third-order valence-corrected chi connectivity index (χ3v) is 3.66. The van der Waals surface area contributed by atoms with Crippen molar-refractivity contribution in [1.82, 2.24) is 10.2 Å². The fourth-order valence-electron chi connectivity index (χ4n) is 2.71. The van der Waals surface area contributed by atoms with E-state index in [2.05, 4.69) is 28.8 Å². The number of hydrogen-bond acceptors (Lipinski definition) is 4. The first-order chi connectivity index (χ1) is 11.4. The number of morpholine rings is 1. The predicted molar refractivity (Wildman–Crippen MR) is 86.4 cm³/mol. The van der Waals surface area contributed by atoms with E-state index in [9.17, 15) is 13.6 Å². The maximum atomic E-state index is 12.2. The number of amides is 1. The van der Waals surface area contributed by atoms with Gasteiger partial charge in [-0.1, -0.05) is 19.9 Å². The molecule has 1 aliphatic heterocycles. The molecular weight excluding hydrogens is 318 g/mol. The van der Waals surface area contributed by atoms with Gasteiger partial charge in [0.2, 0.25) is 0 Å². The van der Waals surface area contributed by atoms with Crippen LogP contribution in [0.25, 0.3) is 0 Å². The minimum atomic E-state index is -2.91. The van der Waals surface area contributed by atoms with E-state index in [-0.39, 0.29) is 23.3 Å². The Kier molecular flexibility index (Phi) is 6.93. The molecule has 1 unspecified atom stereocenters. The van der Waals surface area contributed by atoms with Crippen LogP contribution in [0.2, 0.25) is 0 Å². The molecule has 7 heteroatoms. The molecule has 134 valence electrons. The van der Waals surface area contributed by atoms with Gasteiger partial charge < -0.3 is 14.8 Å². The van der Waals surface area contributed by atoms with Crippen molar-refractivity contribution in [3.05, 3.63) is 29.8 Å². The van der Waals surface area contributed by atoms with Crippen LogP contribution in [0.3, 0.4) is 0 Å². The highest BCUT2D eigenvalue weighted by atomic mass is 19.3. The Balaban J connectivity index is 1.84. The minimum Gasteiger partial charge on any atom is -0.435 e. The van der Waals surface area contributed by atoms with Gasteiger partial charge in [0.15, 0.2) is 0 Å². The van der Waals surface area contributed by atoms with E-state index in [0.717, 1.165) is 19.6 Å². The largest absolute Gasteiger partial charge is 0.435 e. The fourth-order valence-corrected chi connectivity index (χ4v) is 2.71. The predicted octanol–water partition coefficient (Wildman–Crippen LogP) is 2.37. The minimum absolute atomic E-state index is 0.0327. The molecule has 1 fully saturated rings. The summed E-state index contributed by atoms with van der Waals surface area (Å²) in [7, 11) is 0. The van der Waals surface area contributed by atoms with Gasteiger partial charge in [0, 0.05) is 31.7 Å². The first-order valence-corrected chi connectivity index (χ1v) is 8.11. The molecule has 1 aromatic carbocycles. The van der Waals surface area contributed by atoms with Gasteiger partial charge in [0.25, 0.3) is 5.91 Å². The van der Waals surface area contributed by atoms with Crippen molar-refractivity contribution >= 4 is 5.91 Å². The SMILES string of the molecule is CC(C)CN1CCOC(CNC(=O)c2cccc(OC(F)F)c2)C1. The quantitative estimate of drug-likeness (QED) is 0.827. The van der Waals surface area contributed by atoms with Crippen molar-refractivity contribution in [2.24, 2.45) is 5.92 Å². The maximum absolute atomic E-state index is 12.2. The van der Waals surface area contributed by atoms with Crippen LogP contribution in [0.4, 0.5) is 8.78 Å². The molecule has 2 rings (SSSR count). The molecule has 0 aliphatic carbocycles. The Hall–Kier alpha value is -1.73. The lowest BCUT2D eigenvalue weighted by Crippen LogP contribution is -2.48. The van der Waals surface area contributed by atoms with Gasteiger partial charge in [-0.2, -0.15) is 8.78 Å². The molecule has 1 N–H and O–H groups in total. The average molecular weight is 342 g/mol. The van der Waals surface area contributed by atoms with Gasteiger partial charge in [-0.05, 0) is 24.1 Å². The Morgan fingerprint density at radius 1 is 1.46 bits per heavy atom.